The van der Waals surface area contributed by atoms with Gasteiger partial charge in [-0.15, -0.1) is 0 Å². The number of hydrogen-bond donors (Lipinski definition) is 0. The first kappa shape index (κ1) is 18.5. The smallest absolute Gasteiger partial charge is 0.128 e. The highest BCUT2D eigenvalue weighted by Gasteiger charge is 2.47. The summed E-state index contributed by atoms with van der Waals surface area (Å²) in [5.41, 5.74) is 3.67. The molecule has 4 heteroatoms. The van der Waals surface area contributed by atoms with Crippen LogP contribution in [0.25, 0.3) is 6.58 Å². The van der Waals surface area contributed by atoms with Gasteiger partial charge in [0.05, 0.1) is 24.3 Å². The number of anilines is 1. The van der Waals surface area contributed by atoms with Gasteiger partial charge in [-0.25, -0.2) is 4.99 Å². The lowest BCUT2D eigenvalue weighted by Crippen LogP contribution is -2.69. The molecule has 1 saturated heterocycles. The molecule has 0 radical (unpaired) electrons. The molecule has 0 N–H and O–H groups in total. The number of fused-ring (bicyclic) bond motifs is 2. The molecule has 0 atom stereocenters. The zero-order valence-electron chi connectivity index (χ0n) is 17.0. The number of morpholine rings is 1. The van der Waals surface area contributed by atoms with Crippen molar-refractivity contribution in [3.05, 3.63) is 47.0 Å². The fourth-order valence-electron chi connectivity index (χ4n) is 5.17. The Bertz CT molecular complexity index is 953. The first-order valence-electron chi connectivity index (χ1n) is 10.1. The highest BCUT2D eigenvalue weighted by atomic mass is 28.3. The average Bonchev–Trinajstić information content (AvgIpc) is 2.66. The van der Waals surface area contributed by atoms with Crippen LogP contribution in [-0.2, 0) is 4.74 Å². The summed E-state index contributed by atoms with van der Waals surface area (Å²) in [5.74, 6) is 0. The summed E-state index contributed by atoms with van der Waals surface area (Å²) in [6.07, 6.45) is 0. The number of nitrogens with zero attached hydrogens (tertiary/aromatic N) is 2. The highest BCUT2D eigenvalue weighted by Crippen LogP contribution is 2.36. The molecule has 27 heavy (non-hydrogen) atoms. The molecule has 0 unspecified atom stereocenters. The molecule has 142 valence electrons. The average molecular weight is 379 g/mol. The molecule has 2 aromatic carbocycles. The van der Waals surface area contributed by atoms with E-state index in [2.05, 4.69) is 75.6 Å². The normalized spacial score (nSPS) is 18.2. The Morgan fingerprint density at radius 3 is 2.33 bits per heavy atom. The maximum atomic E-state index is 5.55. The van der Waals surface area contributed by atoms with Gasteiger partial charge < -0.3 is 9.64 Å². The van der Waals surface area contributed by atoms with Gasteiger partial charge in [0.25, 0.3) is 0 Å². The van der Waals surface area contributed by atoms with E-state index in [0.29, 0.717) is 11.1 Å². The summed E-state index contributed by atoms with van der Waals surface area (Å²) in [5, 5.41) is 5.21. The van der Waals surface area contributed by atoms with E-state index in [1.54, 1.807) is 0 Å². The number of benzene rings is 2. The molecule has 0 amide bonds. The van der Waals surface area contributed by atoms with E-state index in [4.69, 9.17) is 9.73 Å². The van der Waals surface area contributed by atoms with Crippen molar-refractivity contribution in [2.24, 2.45) is 4.99 Å². The molecule has 2 heterocycles. The van der Waals surface area contributed by atoms with E-state index in [1.807, 2.05) is 0 Å². The lowest BCUT2D eigenvalue weighted by atomic mass is 10.2. The van der Waals surface area contributed by atoms with Crippen LogP contribution in [0.3, 0.4) is 0 Å². The first-order chi connectivity index (χ1) is 12.9. The lowest BCUT2D eigenvalue weighted by molar-refractivity contribution is 0.122. The second-order valence-corrected chi connectivity index (χ2v) is 13.6. The van der Waals surface area contributed by atoms with E-state index >= 15 is 0 Å². The third-order valence-corrected chi connectivity index (χ3v) is 12.6. The maximum Gasteiger partial charge on any atom is 0.128 e. The van der Waals surface area contributed by atoms with Gasteiger partial charge in [-0.1, -0.05) is 46.4 Å². The summed E-state index contributed by atoms with van der Waals surface area (Å²) in [4.78, 5) is 7.52. The second kappa shape index (κ2) is 6.92. The largest absolute Gasteiger partial charge is 0.378 e. The zero-order chi connectivity index (χ0) is 19.2. The quantitative estimate of drug-likeness (QED) is 0.767. The Balaban J connectivity index is 1.99. The number of hydrogen-bond acceptors (Lipinski definition) is 3. The van der Waals surface area contributed by atoms with E-state index in [-0.39, 0.29) is 0 Å². The minimum atomic E-state index is -2.00. The molecular formula is C23H30N2OSi. The van der Waals surface area contributed by atoms with Crippen LogP contribution in [0.2, 0.25) is 11.1 Å². The fraction of sp³-hybridized carbons (Fsp3) is 0.435. The molecule has 1 fully saturated rings. The van der Waals surface area contributed by atoms with E-state index in [1.165, 1.54) is 21.7 Å². The van der Waals surface area contributed by atoms with Crippen molar-refractivity contribution >= 4 is 36.4 Å². The monoisotopic (exact) mass is 378 g/mol. The van der Waals surface area contributed by atoms with Crippen molar-refractivity contribution in [3.63, 3.8) is 0 Å². The van der Waals surface area contributed by atoms with Crippen LogP contribution in [-0.4, -0.2) is 34.4 Å². The Morgan fingerprint density at radius 2 is 1.67 bits per heavy atom. The van der Waals surface area contributed by atoms with Gasteiger partial charge in [-0.2, -0.15) is 0 Å². The summed E-state index contributed by atoms with van der Waals surface area (Å²) < 4.78 is 5.55. The van der Waals surface area contributed by atoms with Gasteiger partial charge in [0.2, 0.25) is 0 Å². The fourth-order valence-corrected chi connectivity index (χ4v) is 11.2. The molecule has 0 bridgehead atoms. The number of ether oxygens (including phenoxy) is 1. The van der Waals surface area contributed by atoms with Crippen molar-refractivity contribution in [1.82, 2.24) is 0 Å². The van der Waals surface area contributed by atoms with Crippen LogP contribution in [0.5, 0.6) is 0 Å². The zero-order valence-corrected chi connectivity index (χ0v) is 18.0. The van der Waals surface area contributed by atoms with Crippen LogP contribution in [0, 0.1) is 0 Å². The van der Waals surface area contributed by atoms with E-state index in [9.17, 15) is 0 Å². The van der Waals surface area contributed by atoms with Crippen LogP contribution < -0.4 is 25.8 Å². The SMILES string of the molecule is C=c1ccc2c(c1)[Si](C(C)C)(C(C)C)c1cc(N3CCOCC3)ccc1N=2. The van der Waals surface area contributed by atoms with Crippen molar-refractivity contribution in [3.8, 4) is 0 Å². The van der Waals surface area contributed by atoms with Crippen molar-refractivity contribution in [2.45, 2.75) is 38.8 Å². The van der Waals surface area contributed by atoms with Crippen molar-refractivity contribution in [2.75, 3.05) is 31.2 Å². The maximum absolute atomic E-state index is 5.55. The molecule has 4 rings (SSSR count). The highest BCUT2D eigenvalue weighted by molar-refractivity contribution is 7.05. The summed E-state index contributed by atoms with van der Waals surface area (Å²) >= 11 is 0. The van der Waals surface area contributed by atoms with Gasteiger partial charge in [0, 0.05) is 18.8 Å². The third kappa shape index (κ3) is 2.86. The summed E-state index contributed by atoms with van der Waals surface area (Å²) in [7, 11) is -2.00. The van der Waals surface area contributed by atoms with Crippen LogP contribution >= 0.6 is 0 Å². The molecule has 0 aromatic heterocycles. The van der Waals surface area contributed by atoms with Crippen LogP contribution in [0.4, 0.5) is 11.4 Å². The Kier molecular flexibility index (Phi) is 4.73. The van der Waals surface area contributed by atoms with Gasteiger partial charge in [-0.3, -0.25) is 0 Å². The second-order valence-electron chi connectivity index (χ2n) is 8.44. The predicted molar refractivity (Wildman–Crippen MR) is 117 cm³/mol. The summed E-state index contributed by atoms with van der Waals surface area (Å²) in [6, 6.07) is 13.5. The molecule has 2 aliphatic heterocycles. The Hall–Kier alpha value is -1.91. The van der Waals surface area contributed by atoms with E-state index < -0.39 is 8.07 Å². The molecule has 0 spiro atoms. The molecule has 2 aliphatic rings. The minimum Gasteiger partial charge on any atom is -0.378 e. The van der Waals surface area contributed by atoms with Gasteiger partial charge in [0.15, 0.2) is 0 Å². The third-order valence-electron chi connectivity index (χ3n) is 6.37. The van der Waals surface area contributed by atoms with E-state index in [0.717, 1.165) is 36.9 Å². The van der Waals surface area contributed by atoms with Crippen LogP contribution in [0.15, 0.2) is 41.4 Å². The molecule has 3 nitrogen and oxygen atoms in total. The lowest BCUT2D eigenvalue weighted by Gasteiger charge is -2.43. The van der Waals surface area contributed by atoms with Gasteiger partial charge in [-0.05, 0) is 50.9 Å². The Labute approximate surface area is 163 Å². The van der Waals surface area contributed by atoms with Crippen molar-refractivity contribution < 1.29 is 4.74 Å². The Morgan fingerprint density at radius 1 is 0.963 bits per heavy atom. The number of rotatable bonds is 3. The minimum absolute atomic E-state index is 0.590. The molecule has 0 aliphatic carbocycles. The van der Waals surface area contributed by atoms with Crippen molar-refractivity contribution in [1.29, 1.82) is 0 Å². The summed E-state index contributed by atoms with van der Waals surface area (Å²) in [6.45, 7) is 17.4. The van der Waals surface area contributed by atoms with Gasteiger partial charge >= 0.3 is 0 Å². The molecular weight excluding hydrogens is 348 g/mol. The molecule has 0 saturated carbocycles. The first-order valence-corrected chi connectivity index (χ1v) is 12.3. The predicted octanol–water partition coefficient (Wildman–Crippen LogP) is 2.58. The molecule has 2 aromatic rings. The van der Waals surface area contributed by atoms with Gasteiger partial charge in [0.1, 0.15) is 8.07 Å². The topological polar surface area (TPSA) is 24.8 Å². The van der Waals surface area contributed by atoms with Crippen LogP contribution in [0.1, 0.15) is 27.7 Å². The standard InChI is InChI=1S/C23H30N2OSi/c1-16(2)27(17(3)4)22-14-18(5)6-8-20(22)24-21-9-7-19(15-23(21)27)25-10-12-26-13-11-25/h6-9,14-17H,5,10-13H2,1-4H3.